The SMILES string of the molecule is C.Cc1nc(CC(=O)NC(C)(C)C)c(C2OCCO2)c(N[C@H](C)c2cccc(C(F)(F)F)c2)n1.Cc1nc(CC(=O)NC(C)(C)C)c(C=O)c(N[C@H](C)c2cccc(C(F)(F)F)c2)n1.Cc1nc(N[C@H](C)c2cccc(C(F)(F)F)c2)c2cn(C(C)(C)C)c(=O)cc2n1. The molecule has 0 spiro atoms. The van der Waals surface area contributed by atoms with E-state index in [4.69, 9.17) is 9.47 Å². The Morgan fingerprint density at radius 1 is 0.559 bits per heavy atom. The van der Waals surface area contributed by atoms with E-state index in [2.05, 4.69) is 56.5 Å². The van der Waals surface area contributed by atoms with Crippen LogP contribution in [-0.2, 0) is 56.0 Å². The molecule has 1 fully saturated rings. The van der Waals surface area contributed by atoms with Crippen molar-refractivity contribution in [1.29, 1.82) is 0 Å². The first-order valence-corrected chi connectivity index (χ1v) is 29.3. The van der Waals surface area contributed by atoms with E-state index in [-0.39, 0.29) is 54.7 Å². The van der Waals surface area contributed by atoms with Gasteiger partial charge in [-0.3, -0.25) is 19.2 Å². The molecule has 0 bridgehead atoms. The number of aryl methyl sites for hydroxylation is 3. The summed E-state index contributed by atoms with van der Waals surface area (Å²) in [6, 6.07) is 15.1. The zero-order valence-electron chi connectivity index (χ0n) is 53.8. The van der Waals surface area contributed by atoms with Crippen LogP contribution in [0.4, 0.5) is 57.0 Å². The Morgan fingerprint density at radius 3 is 1.34 bits per heavy atom. The molecule has 0 saturated carbocycles. The van der Waals surface area contributed by atoms with Gasteiger partial charge in [-0.1, -0.05) is 43.8 Å². The molecule has 8 rings (SSSR count). The summed E-state index contributed by atoms with van der Waals surface area (Å²) in [6.45, 7) is 27.8. The van der Waals surface area contributed by atoms with E-state index in [1.807, 2.05) is 62.3 Å². The maximum absolute atomic E-state index is 13.2. The van der Waals surface area contributed by atoms with Crippen molar-refractivity contribution in [3.63, 3.8) is 0 Å². The molecule has 1 aliphatic rings. The third-order valence-corrected chi connectivity index (χ3v) is 13.7. The molecule has 1 saturated heterocycles. The van der Waals surface area contributed by atoms with Gasteiger partial charge in [-0.25, -0.2) is 29.9 Å². The minimum atomic E-state index is -4.46. The van der Waals surface area contributed by atoms with Crippen LogP contribution in [0, 0.1) is 20.8 Å². The molecule has 3 atom stereocenters. The van der Waals surface area contributed by atoms with Crippen molar-refractivity contribution >= 4 is 46.5 Å². The molecule has 0 radical (unpaired) electrons. The predicted molar refractivity (Wildman–Crippen MR) is 337 cm³/mol. The number of amides is 2. The average molecular weight is 1310 g/mol. The standard InChI is InChI=1S/C23H29F3N4O3.C21H25F3N4O2.C21H23F3N4O.CH4/c1-13(15-7-6-8-16(11-15)23(24,25)26)27-20-19(21-32-9-10-33-21)17(28-14(2)29-20)12-18(31)30-22(3,4)5;1-12(14-7-6-8-15(9-14)21(22,23)24)25-19-16(11-29)17(26-13(2)27-19)10-18(30)28-20(3,4)5;1-12(14-7-6-8-15(9-14)21(22,23)24)25-19-16-11-28(20(3,4)5)18(29)10-17(16)26-13(2)27-19;/h6-8,11,13,21H,9-10,12H2,1-5H3,(H,30,31)(H,27,28,29);6-9,11-12H,10H2,1-5H3,(H,28,30)(H,25,26,27);6-12H,1-5H3,(H,25,26,27);1H4/t13-;2*12-;/m111./s1. The van der Waals surface area contributed by atoms with Gasteiger partial charge in [0.05, 0.1) is 76.2 Å². The number of fused-ring (bicyclic) bond motifs is 1. The Bertz CT molecular complexity index is 3830. The molecule has 3 aromatic carbocycles. The van der Waals surface area contributed by atoms with E-state index >= 15 is 0 Å². The van der Waals surface area contributed by atoms with Crippen LogP contribution in [0.2, 0.25) is 0 Å². The highest BCUT2D eigenvalue weighted by molar-refractivity contribution is 5.89. The van der Waals surface area contributed by atoms with Crippen molar-refractivity contribution in [1.82, 2.24) is 45.1 Å². The van der Waals surface area contributed by atoms with Crippen LogP contribution in [0.15, 0.2) is 89.9 Å². The predicted octanol–water partition coefficient (Wildman–Crippen LogP) is 14.4. The van der Waals surface area contributed by atoms with E-state index < -0.39 is 76.3 Å². The lowest BCUT2D eigenvalue weighted by atomic mass is 10.0. The Morgan fingerprint density at radius 2 is 0.935 bits per heavy atom. The molecule has 18 nitrogen and oxygen atoms in total. The van der Waals surface area contributed by atoms with E-state index in [1.165, 1.54) is 24.3 Å². The molecule has 7 aromatic rings. The molecule has 4 aromatic heterocycles. The maximum Gasteiger partial charge on any atom is 0.416 e. The summed E-state index contributed by atoms with van der Waals surface area (Å²) in [5.41, 5.74) is -0.630. The molecule has 2 amide bonds. The summed E-state index contributed by atoms with van der Waals surface area (Å²) in [7, 11) is 0. The summed E-state index contributed by atoms with van der Waals surface area (Å²) in [5, 5.41) is 15.7. The normalized spacial score (nSPS) is 14.1. The van der Waals surface area contributed by atoms with Crippen LogP contribution >= 0.6 is 0 Å². The molecule has 5 N–H and O–H groups in total. The number of anilines is 3. The van der Waals surface area contributed by atoms with Gasteiger partial charge in [0.15, 0.2) is 12.6 Å². The van der Waals surface area contributed by atoms with Crippen LogP contribution in [0.1, 0.15) is 193 Å². The molecular formula is C66H81F9N12O6. The molecular weight excluding hydrogens is 1230 g/mol. The number of hydrogen-bond donors (Lipinski definition) is 5. The van der Waals surface area contributed by atoms with Crippen molar-refractivity contribution in [3.8, 4) is 0 Å². The quantitative estimate of drug-likeness (QED) is 0.0475. The summed E-state index contributed by atoms with van der Waals surface area (Å²) < 4.78 is 131. The molecule has 1 aliphatic heterocycles. The van der Waals surface area contributed by atoms with Gasteiger partial charge >= 0.3 is 18.5 Å². The Kier molecular flexibility index (Phi) is 24.2. The summed E-state index contributed by atoms with van der Waals surface area (Å²) in [5.74, 6) is 1.67. The average Bonchev–Trinajstić information content (AvgIpc) is 1.19. The summed E-state index contributed by atoms with van der Waals surface area (Å²) in [4.78, 5) is 75.2. The fraction of sp³-hybridized carbons (Fsp3) is 0.455. The lowest BCUT2D eigenvalue weighted by Crippen LogP contribution is -2.41. The third-order valence-electron chi connectivity index (χ3n) is 13.7. The van der Waals surface area contributed by atoms with Crippen molar-refractivity contribution in [2.75, 3.05) is 29.2 Å². The van der Waals surface area contributed by atoms with Gasteiger partial charge in [-0.15, -0.1) is 0 Å². The number of hydrogen-bond acceptors (Lipinski definition) is 15. The smallest absolute Gasteiger partial charge is 0.363 e. The molecule has 27 heteroatoms. The van der Waals surface area contributed by atoms with Crippen molar-refractivity contribution in [2.24, 2.45) is 0 Å². The molecule has 5 heterocycles. The minimum absolute atomic E-state index is 0. The monoisotopic (exact) mass is 1310 g/mol. The van der Waals surface area contributed by atoms with Crippen LogP contribution in [0.25, 0.3) is 10.9 Å². The fourth-order valence-electron chi connectivity index (χ4n) is 9.57. The Hall–Kier alpha value is -8.59. The maximum atomic E-state index is 13.2. The number of nitrogens with one attached hydrogen (secondary N) is 5. The lowest BCUT2D eigenvalue weighted by molar-refractivity contribution is -0.138. The van der Waals surface area contributed by atoms with Crippen LogP contribution in [0.5, 0.6) is 0 Å². The first kappa shape index (κ1) is 75.1. The number of rotatable bonds is 15. The number of carbonyl (C=O) groups is 3. The minimum Gasteiger partial charge on any atom is -0.363 e. The number of nitrogens with zero attached hydrogens (tertiary/aromatic N) is 7. The van der Waals surface area contributed by atoms with Crippen molar-refractivity contribution in [3.05, 3.63) is 169 Å². The summed E-state index contributed by atoms with van der Waals surface area (Å²) >= 11 is 0. The number of benzene rings is 3. The number of aldehydes is 1. The lowest BCUT2D eigenvalue weighted by Gasteiger charge is -2.24. The van der Waals surface area contributed by atoms with Crippen LogP contribution in [0.3, 0.4) is 0 Å². The Labute approximate surface area is 534 Å². The third kappa shape index (κ3) is 21.5. The fourth-order valence-corrected chi connectivity index (χ4v) is 9.57. The molecule has 0 aliphatic carbocycles. The Balaban J connectivity index is 0.000000252. The van der Waals surface area contributed by atoms with Crippen molar-refractivity contribution in [2.45, 2.75) is 184 Å². The first-order valence-electron chi connectivity index (χ1n) is 29.3. The largest absolute Gasteiger partial charge is 0.416 e. The highest BCUT2D eigenvalue weighted by Crippen LogP contribution is 2.37. The second kappa shape index (κ2) is 30.0. The van der Waals surface area contributed by atoms with E-state index in [1.54, 1.807) is 70.5 Å². The van der Waals surface area contributed by atoms with Gasteiger partial charge in [-0.2, -0.15) is 39.5 Å². The zero-order valence-corrected chi connectivity index (χ0v) is 53.8. The number of pyridine rings is 1. The van der Waals surface area contributed by atoms with Crippen molar-refractivity contribution < 1.29 is 63.4 Å². The first-order chi connectivity index (χ1) is 42.5. The number of alkyl halides is 9. The second-order valence-electron chi connectivity index (χ2n) is 25.1. The van der Waals surface area contributed by atoms with E-state index in [0.29, 0.717) is 87.5 Å². The number of halogens is 9. The summed E-state index contributed by atoms with van der Waals surface area (Å²) in [6.07, 6.45) is -12.0. The highest BCUT2D eigenvalue weighted by atomic mass is 19.4. The van der Waals surface area contributed by atoms with E-state index in [0.717, 1.165) is 36.4 Å². The molecule has 504 valence electrons. The number of carbonyl (C=O) groups excluding carboxylic acids is 3. The number of aromatic nitrogens is 7. The molecule has 0 unspecified atom stereocenters. The zero-order chi connectivity index (χ0) is 68.6. The second-order valence-corrected chi connectivity index (χ2v) is 25.1. The highest BCUT2D eigenvalue weighted by Gasteiger charge is 2.35. The van der Waals surface area contributed by atoms with Gasteiger partial charge in [0.2, 0.25) is 11.8 Å². The van der Waals surface area contributed by atoms with Gasteiger partial charge < -0.3 is 40.6 Å². The van der Waals surface area contributed by atoms with Crippen LogP contribution in [-0.4, -0.2) is 76.9 Å². The van der Waals surface area contributed by atoms with Gasteiger partial charge in [0.1, 0.15) is 34.9 Å². The van der Waals surface area contributed by atoms with Gasteiger partial charge in [0, 0.05) is 47.0 Å². The number of ether oxygens (including phenoxy) is 2. The van der Waals surface area contributed by atoms with Gasteiger partial charge in [0.25, 0.3) is 5.56 Å². The van der Waals surface area contributed by atoms with Gasteiger partial charge in [-0.05, 0) is 157 Å². The van der Waals surface area contributed by atoms with E-state index in [9.17, 15) is 58.7 Å². The van der Waals surface area contributed by atoms with Crippen LogP contribution < -0.4 is 32.1 Å². The molecule has 93 heavy (non-hydrogen) atoms. The topological polar surface area (TPSA) is 229 Å².